The zero-order chi connectivity index (χ0) is 15.2. The number of nitrogens with one attached hydrogen (secondary N) is 1. The summed E-state index contributed by atoms with van der Waals surface area (Å²) in [6.45, 7) is 0. The fraction of sp³-hybridized carbons (Fsp3) is 0.375. The van der Waals surface area contributed by atoms with Gasteiger partial charge in [0, 0.05) is 10.4 Å². The number of hydrogen-bond acceptors (Lipinski definition) is 2. The highest BCUT2D eigenvalue weighted by atomic mass is 79.9. The molecule has 0 aromatic heterocycles. The van der Waals surface area contributed by atoms with Crippen molar-refractivity contribution >= 4 is 27.8 Å². The fourth-order valence-corrected chi connectivity index (χ4v) is 2.89. The third-order valence-corrected chi connectivity index (χ3v) is 4.08. The third kappa shape index (κ3) is 4.70. The van der Waals surface area contributed by atoms with Crippen molar-refractivity contribution in [1.29, 1.82) is 0 Å². The number of carboxylic acid groups (broad SMARTS) is 1. The van der Waals surface area contributed by atoms with E-state index in [4.69, 9.17) is 5.11 Å². The maximum absolute atomic E-state index is 12.3. The number of allylic oxidation sites excluding steroid dienone is 2. The Morgan fingerprint density at radius 2 is 2.19 bits per heavy atom. The molecule has 112 valence electrons. The maximum Gasteiger partial charge on any atom is 0.305 e. The molecule has 21 heavy (non-hydrogen) atoms. The van der Waals surface area contributed by atoms with Crippen LogP contribution in [0.5, 0.6) is 0 Å². The van der Waals surface area contributed by atoms with E-state index in [1.807, 2.05) is 30.3 Å². The number of hydrogen-bond donors (Lipinski definition) is 2. The van der Waals surface area contributed by atoms with E-state index in [2.05, 4.69) is 27.3 Å². The number of amides is 1. The van der Waals surface area contributed by atoms with Crippen molar-refractivity contribution in [1.82, 2.24) is 5.32 Å². The van der Waals surface area contributed by atoms with Crippen molar-refractivity contribution in [2.24, 2.45) is 5.92 Å². The molecule has 2 N–H and O–H groups in total. The van der Waals surface area contributed by atoms with Gasteiger partial charge < -0.3 is 10.4 Å². The lowest BCUT2D eigenvalue weighted by Crippen LogP contribution is -2.35. The third-order valence-electron chi connectivity index (χ3n) is 3.59. The Bertz CT molecular complexity index is 556. The van der Waals surface area contributed by atoms with Crippen LogP contribution < -0.4 is 5.32 Å². The van der Waals surface area contributed by atoms with E-state index < -0.39 is 12.0 Å². The second-order valence-electron chi connectivity index (χ2n) is 5.20. The van der Waals surface area contributed by atoms with Crippen molar-refractivity contribution in [3.63, 3.8) is 0 Å². The number of carbonyl (C=O) groups excluding carboxylic acids is 1. The lowest BCUT2D eigenvalue weighted by molar-refractivity contribution is -0.138. The number of halogens is 1. The van der Waals surface area contributed by atoms with Crippen molar-refractivity contribution in [3.8, 4) is 0 Å². The highest BCUT2D eigenvalue weighted by Gasteiger charge is 2.24. The Hall–Kier alpha value is -1.62. The van der Waals surface area contributed by atoms with Crippen LogP contribution in [0.2, 0.25) is 0 Å². The van der Waals surface area contributed by atoms with Crippen LogP contribution >= 0.6 is 15.9 Å². The molecule has 0 fully saturated rings. The summed E-state index contributed by atoms with van der Waals surface area (Å²) in [4.78, 5) is 23.4. The summed E-state index contributed by atoms with van der Waals surface area (Å²) in [5, 5.41) is 12.0. The molecule has 2 unspecified atom stereocenters. The molecule has 2 atom stereocenters. The maximum atomic E-state index is 12.3. The summed E-state index contributed by atoms with van der Waals surface area (Å²) in [6, 6.07) is 6.88. The van der Waals surface area contributed by atoms with Gasteiger partial charge >= 0.3 is 5.97 Å². The number of rotatable bonds is 5. The molecule has 0 aliphatic heterocycles. The first-order valence-corrected chi connectivity index (χ1v) is 7.78. The Kier molecular flexibility index (Phi) is 5.56. The van der Waals surface area contributed by atoms with E-state index in [-0.39, 0.29) is 18.2 Å². The summed E-state index contributed by atoms with van der Waals surface area (Å²) >= 11 is 3.37. The molecule has 1 aromatic rings. The topological polar surface area (TPSA) is 66.4 Å². The minimum absolute atomic E-state index is 0.0570. The van der Waals surface area contributed by atoms with E-state index >= 15 is 0 Å². The van der Waals surface area contributed by atoms with Crippen LogP contribution in [0.3, 0.4) is 0 Å². The van der Waals surface area contributed by atoms with Gasteiger partial charge in [-0.05, 0) is 37.0 Å². The van der Waals surface area contributed by atoms with Crippen LogP contribution in [0.4, 0.5) is 0 Å². The van der Waals surface area contributed by atoms with Crippen molar-refractivity contribution in [2.75, 3.05) is 0 Å². The molecule has 1 aliphatic carbocycles. The monoisotopic (exact) mass is 351 g/mol. The van der Waals surface area contributed by atoms with Gasteiger partial charge in [0.15, 0.2) is 0 Å². The van der Waals surface area contributed by atoms with Crippen LogP contribution in [0.1, 0.15) is 37.3 Å². The molecular weight excluding hydrogens is 334 g/mol. The fourth-order valence-electron chi connectivity index (χ4n) is 2.47. The first-order valence-electron chi connectivity index (χ1n) is 6.99. The lowest BCUT2D eigenvalue weighted by atomic mass is 9.92. The molecule has 5 heteroatoms. The van der Waals surface area contributed by atoms with Crippen LogP contribution in [0.15, 0.2) is 40.9 Å². The molecule has 0 heterocycles. The molecule has 4 nitrogen and oxygen atoms in total. The Labute approximate surface area is 132 Å². The van der Waals surface area contributed by atoms with Crippen LogP contribution in [-0.4, -0.2) is 17.0 Å². The van der Waals surface area contributed by atoms with E-state index in [0.717, 1.165) is 29.3 Å². The average Bonchev–Trinajstić information content (AvgIpc) is 2.47. The van der Waals surface area contributed by atoms with Crippen molar-refractivity contribution in [3.05, 3.63) is 46.5 Å². The predicted octanol–water partition coefficient (Wildman–Crippen LogP) is 3.44. The largest absolute Gasteiger partial charge is 0.481 e. The van der Waals surface area contributed by atoms with E-state index in [0.29, 0.717) is 0 Å². The zero-order valence-electron chi connectivity index (χ0n) is 11.6. The molecule has 1 aromatic carbocycles. The first-order chi connectivity index (χ1) is 10.1. The van der Waals surface area contributed by atoms with Gasteiger partial charge in [-0.2, -0.15) is 0 Å². The van der Waals surface area contributed by atoms with Gasteiger partial charge in [-0.15, -0.1) is 0 Å². The second kappa shape index (κ2) is 7.41. The van der Waals surface area contributed by atoms with E-state index in [1.54, 1.807) is 0 Å². The van der Waals surface area contributed by atoms with Crippen LogP contribution in [-0.2, 0) is 9.59 Å². The normalized spacial score (nSPS) is 19.0. The van der Waals surface area contributed by atoms with Crippen LogP contribution in [0.25, 0.3) is 0 Å². The molecule has 0 saturated heterocycles. The number of benzene rings is 1. The Morgan fingerprint density at radius 1 is 1.38 bits per heavy atom. The van der Waals surface area contributed by atoms with Gasteiger partial charge in [-0.1, -0.05) is 40.2 Å². The molecule has 0 radical (unpaired) electrons. The van der Waals surface area contributed by atoms with Crippen molar-refractivity contribution in [2.45, 2.75) is 31.7 Å². The molecule has 2 rings (SSSR count). The average molecular weight is 352 g/mol. The Balaban J connectivity index is 2.10. The van der Waals surface area contributed by atoms with Crippen LogP contribution in [0, 0.1) is 5.92 Å². The Morgan fingerprint density at radius 3 is 2.81 bits per heavy atom. The van der Waals surface area contributed by atoms with E-state index in [9.17, 15) is 9.59 Å². The number of aliphatic carboxylic acids is 1. The highest BCUT2D eigenvalue weighted by Crippen LogP contribution is 2.24. The predicted molar refractivity (Wildman–Crippen MR) is 83.8 cm³/mol. The minimum Gasteiger partial charge on any atom is -0.481 e. The smallest absolute Gasteiger partial charge is 0.305 e. The molecule has 0 bridgehead atoms. The SMILES string of the molecule is O=C(O)CC(NC(=O)C1CC=CCC1)c1cccc(Br)c1. The minimum atomic E-state index is -0.927. The summed E-state index contributed by atoms with van der Waals surface area (Å²) < 4.78 is 0.866. The molecule has 0 spiro atoms. The van der Waals surface area contributed by atoms with Gasteiger partial charge in [-0.25, -0.2) is 0 Å². The summed E-state index contributed by atoms with van der Waals surface area (Å²) in [7, 11) is 0. The zero-order valence-corrected chi connectivity index (χ0v) is 13.2. The van der Waals surface area contributed by atoms with Gasteiger partial charge in [0.25, 0.3) is 0 Å². The molecular formula is C16H18BrNO3. The first kappa shape index (κ1) is 15.8. The van der Waals surface area contributed by atoms with Crippen molar-refractivity contribution < 1.29 is 14.7 Å². The molecule has 0 saturated carbocycles. The van der Waals surface area contributed by atoms with Gasteiger partial charge in [-0.3, -0.25) is 9.59 Å². The van der Waals surface area contributed by atoms with Gasteiger partial charge in [0.2, 0.25) is 5.91 Å². The summed E-state index contributed by atoms with van der Waals surface area (Å²) in [6.07, 6.45) is 6.42. The molecule has 1 amide bonds. The molecule has 1 aliphatic rings. The lowest BCUT2D eigenvalue weighted by Gasteiger charge is -2.23. The van der Waals surface area contributed by atoms with Gasteiger partial charge in [0.05, 0.1) is 12.5 Å². The standard InChI is InChI=1S/C16H18BrNO3/c17-13-8-4-7-12(9-13)14(10-15(19)20)18-16(21)11-5-2-1-3-6-11/h1-2,4,7-9,11,14H,3,5-6,10H2,(H,18,21)(H,19,20). The number of carbonyl (C=O) groups is 2. The second-order valence-corrected chi connectivity index (χ2v) is 6.11. The summed E-state index contributed by atoms with van der Waals surface area (Å²) in [5.41, 5.74) is 0.798. The quantitative estimate of drug-likeness (QED) is 0.798. The summed E-state index contributed by atoms with van der Waals surface area (Å²) in [5.74, 6) is -1.05. The highest BCUT2D eigenvalue weighted by molar-refractivity contribution is 9.10. The van der Waals surface area contributed by atoms with E-state index in [1.165, 1.54) is 0 Å². The number of carboxylic acids is 1. The van der Waals surface area contributed by atoms with Gasteiger partial charge in [0.1, 0.15) is 0 Å².